The molecule has 0 aromatic heterocycles. The molecule has 5 nitrogen and oxygen atoms in total. The maximum atomic E-state index is 12.0. The first-order chi connectivity index (χ1) is 7.50. The Labute approximate surface area is 88.7 Å². The molecule has 0 bridgehead atoms. The number of aromatic hydroxyl groups is 1. The zero-order valence-electron chi connectivity index (χ0n) is 7.84. The highest BCUT2D eigenvalue weighted by Gasteiger charge is 2.12. The van der Waals surface area contributed by atoms with E-state index in [2.05, 4.69) is 4.74 Å². The Morgan fingerprint density at radius 2 is 2.19 bits per heavy atom. The van der Waals surface area contributed by atoms with Crippen LogP contribution in [0.5, 0.6) is 11.5 Å². The molecule has 1 aromatic carbocycles. The maximum absolute atomic E-state index is 12.0. The third-order valence-corrected chi connectivity index (χ3v) is 1.61. The van der Waals surface area contributed by atoms with Crippen molar-refractivity contribution in [3.8, 4) is 11.5 Å². The highest BCUT2D eigenvalue weighted by molar-refractivity contribution is 5.61. The van der Waals surface area contributed by atoms with Crippen molar-refractivity contribution in [3.63, 3.8) is 0 Å². The molecule has 16 heavy (non-hydrogen) atoms. The van der Waals surface area contributed by atoms with Crippen molar-refractivity contribution in [2.24, 2.45) is 0 Å². The van der Waals surface area contributed by atoms with E-state index < -0.39 is 23.0 Å². The van der Waals surface area contributed by atoms with E-state index in [4.69, 9.17) is 0 Å². The summed E-state index contributed by atoms with van der Waals surface area (Å²) in [6.45, 7) is -3.11. The molecule has 0 aliphatic heterocycles. The molecule has 0 aliphatic carbocycles. The molecule has 0 aliphatic rings. The quantitative estimate of drug-likeness (QED) is 0.637. The van der Waals surface area contributed by atoms with Gasteiger partial charge in [-0.3, -0.25) is 10.1 Å². The minimum absolute atomic E-state index is 0.00278. The molecule has 0 unspecified atom stereocenters. The topological polar surface area (TPSA) is 72.6 Å². The number of hydrogen-bond donors (Lipinski definition) is 1. The second kappa shape index (κ2) is 5.06. The van der Waals surface area contributed by atoms with E-state index in [0.29, 0.717) is 6.20 Å². The van der Waals surface area contributed by atoms with Gasteiger partial charge in [0, 0.05) is 11.6 Å². The lowest BCUT2D eigenvalue weighted by molar-refractivity contribution is -0.400. The summed E-state index contributed by atoms with van der Waals surface area (Å²) in [7, 11) is 0. The van der Waals surface area contributed by atoms with Crippen molar-refractivity contribution in [2.75, 3.05) is 0 Å². The van der Waals surface area contributed by atoms with Crippen molar-refractivity contribution < 1.29 is 23.5 Å². The van der Waals surface area contributed by atoms with Gasteiger partial charge in [0.25, 0.3) is 0 Å². The summed E-state index contributed by atoms with van der Waals surface area (Å²) in [4.78, 5) is 9.30. The summed E-state index contributed by atoms with van der Waals surface area (Å²) >= 11 is 0. The SMILES string of the molecule is O=[N+]([O-])C=Cc1cccc(O)c1OC(F)F. The number of para-hydroxylation sites is 1. The second-order valence-electron chi connectivity index (χ2n) is 2.68. The maximum Gasteiger partial charge on any atom is 0.387 e. The van der Waals surface area contributed by atoms with Crippen molar-refractivity contribution >= 4 is 6.08 Å². The minimum atomic E-state index is -3.11. The fourth-order valence-electron chi connectivity index (χ4n) is 1.03. The van der Waals surface area contributed by atoms with Gasteiger partial charge < -0.3 is 9.84 Å². The summed E-state index contributed by atoms with van der Waals surface area (Å²) in [5.74, 6) is -0.999. The molecule has 0 atom stereocenters. The monoisotopic (exact) mass is 231 g/mol. The average Bonchev–Trinajstić information content (AvgIpc) is 2.18. The number of phenolic OH excluding ortho intramolecular Hbond substituents is 1. The van der Waals surface area contributed by atoms with E-state index in [0.717, 1.165) is 12.1 Å². The minimum Gasteiger partial charge on any atom is -0.504 e. The Kier molecular flexibility index (Phi) is 3.76. The van der Waals surface area contributed by atoms with Gasteiger partial charge in [0.2, 0.25) is 6.20 Å². The first kappa shape index (κ1) is 11.9. The van der Waals surface area contributed by atoms with Crippen LogP contribution in [-0.4, -0.2) is 16.6 Å². The van der Waals surface area contributed by atoms with E-state index in [-0.39, 0.29) is 5.56 Å². The fraction of sp³-hybridized carbons (Fsp3) is 0.111. The van der Waals surface area contributed by atoms with Crippen LogP contribution >= 0.6 is 0 Å². The van der Waals surface area contributed by atoms with Crippen LogP contribution in [0.15, 0.2) is 24.4 Å². The fourth-order valence-corrected chi connectivity index (χ4v) is 1.03. The predicted molar refractivity (Wildman–Crippen MR) is 50.8 cm³/mol. The molecule has 0 spiro atoms. The van der Waals surface area contributed by atoms with E-state index in [1.165, 1.54) is 12.1 Å². The zero-order valence-corrected chi connectivity index (χ0v) is 7.84. The van der Waals surface area contributed by atoms with Gasteiger partial charge in [0.1, 0.15) is 0 Å². The number of phenols is 1. The van der Waals surface area contributed by atoms with Crippen LogP contribution in [0.4, 0.5) is 8.78 Å². The number of hydrogen-bond acceptors (Lipinski definition) is 4. The number of alkyl halides is 2. The highest BCUT2D eigenvalue weighted by Crippen LogP contribution is 2.32. The summed E-state index contributed by atoms with van der Waals surface area (Å²) in [6, 6.07) is 3.80. The second-order valence-corrected chi connectivity index (χ2v) is 2.68. The predicted octanol–water partition coefficient (Wildman–Crippen LogP) is 2.24. The first-order valence-corrected chi connectivity index (χ1v) is 4.09. The van der Waals surface area contributed by atoms with Crippen LogP contribution in [0.25, 0.3) is 6.08 Å². The standard InChI is InChI=1S/C9H7F2NO4/c10-9(11)16-8-6(4-5-12(14)15)2-1-3-7(8)13/h1-5,9,13H. The smallest absolute Gasteiger partial charge is 0.387 e. The van der Waals surface area contributed by atoms with Gasteiger partial charge in [0.15, 0.2) is 11.5 Å². The van der Waals surface area contributed by atoms with Crippen molar-refractivity contribution in [3.05, 3.63) is 40.1 Å². The largest absolute Gasteiger partial charge is 0.504 e. The Hall–Kier alpha value is -2.18. The molecule has 86 valence electrons. The molecular weight excluding hydrogens is 224 g/mol. The van der Waals surface area contributed by atoms with Crippen LogP contribution in [-0.2, 0) is 0 Å². The van der Waals surface area contributed by atoms with E-state index in [1.807, 2.05) is 0 Å². The summed E-state index contributed by atoms with van der Waals surface area (Å²) in [5, 5.41) is 19.3. The highest BCUT2D eigenvalue weighted by atomic mass is 19.3. The molecule has 0 radical (unpaired) electrons. The molecule has 7 heteroatoms. The van der Waals surface area contributed by atoms with Gasteiger partial charge in [-0.25, -0.2) is 0 Å². The average molecular weight is 231 g/mol. The van der Waals surface area contributed by atoms with Crippen molar-refractivity contribution in [1.82, 2.24) is 0 Å². The third-order valence-electron chi connectivity index (χ3n) is 1.61. The van der Waals surface area contributed by atoms with Gasteiger partial charge >= 0.3 is 6.61 Å². The third kappa shape index (κ3) is 3.19. The number of nitrogens with zero attached hydrogens (tertiary/aromatic N) is 1. The summed E-state index contributed by atoms with van der Waals surface area (Å²) < 4.78 is 28.0. The van der Waals surface area contributed by atoms with Gasteiger partial charge in [-0.2, -0.15) is 8.78 Å². The Balaban J connectivity index is 3.07. The number of benzene rings is 1. The van der Waals surface area contributed by atoms with Crippen LogP contribution < -0.4 is 4.74 Å². The molecule has 0 fully saturated rings. The number of ether oxygens (including phenoxy) is 1. The van der Waals surface area contributed by atoms with Gasteiger partial charge in [-0.15, -0.1) is 0 Å². The molecule has 0 heterocycles. The van der Waals surface area contributed by atoms with Gasteiger partial charge in [0.05, 0.1) is 4.92 Å². The van der Waals surface area contributed by atoms with Crippen LogP contribution in [0.2, 0.25) is 0 Å². The van der Waals surface area contributed by atoms with Gasteiger partial charge in [-0.05, 0) is 6.07 Å². The lowest BCUT2D eigenvalue weighted by Crippen LogP contribution is -2.03. The Morgan fingerprint density at radius 3 is 2.75 bits per heavy atom. The van der Waals surface area contributed by atoms with Crippen molar-refractivity contribution in [1.29, 1.82) is 0 Å². The summed E-state index contributed by atoms with van der Waals surface area (Å²) in [5.41, 5.74) is -0.00278. The van der Waals surface area contributed by atoms with Crippen molar-refractivity contribution in [2.45, 2.75) is 6.61 Å². The molecule has 0 amide bonds. The molecule has 0 saturated heterocycles. The Bertz CT molecular complexity index is 420. The van der Waals surface area contributed by atoms with Crippen LogP contribution in [0.1, 0.15) is 5.56 Å². The normalized spacial score (nSPS) is 10.9. The lowest BCUT2D eigenvalue weighted by Gasteiger charge is -2.08. The number of rotatable bonds is 4. The van der Waals surface area contributed by atoms with E-state index >= 15 is 0 Å². The Morgan fingerprint density at radius 1 is 1.50 bits per heavy atom. The zero-order chi connectivity index (χ0) is 12.1. The molecule has 1 aromatic rings. The van der Waals surface area contributed by atoms with E-state index in [9.17, 15) is 24.0 Å². The molecule has 1 rings (SSSR count). The molecule has 1 N–H and O–H groups in total. The molecule has 0 saturated carbocycles. The lowest BCUT2D eigenvalue weighted by atomic mass is 10.2. The van der Waals surface area contributed by atoms with E-state index in [1.54, 1.807) is 0 Å². The van der Waals surface area contributed by atoms with Crippen LogP contribution in [0, 0.1) is 10.1 Å². The molecular formula is C9H7F2NO4. The van der Waals surface area contributed by atoms with Gasteiger partial charge in [-0.1, -0.05) is 12.1 Å². The number of halogens is 2. The summed E-state index contributed by atoms with van der Waals surface area (Å²) in [6.07, 6.45) is 1.52. The number of nitro groups is 1. The first-order valence-electron chi connectivity index (χ1n) is 4.09. The van der Waals surface area contributed by atoms with Crippen LogP contribution in [0.3, 0.4) is 0 Å².